The number of hydrogen-bond donors (Lipinski definition) is 0. The van der Waals surface area contributed by atoms with Crippen LogP contribution < -0.4 is 4.90 Å². The lowest BCUT2D eigenvalue weighted by Gasteiger charge is -2.18. The van der Waals surface area contributed by atoms with Crippen LogP contribution in [0.3, 0.4) is 0 Å². The standard InChI is InChI=1S/C21H17N3O3S3/c1-13-5-3-6-16(9-13)24(14(2)25)20-22-15(12-29-20)11-23-19(26)18(30-21(23)27)10-17-7-4-8-28-17/h3-10,12H,11H2,1-2H3/b18-10-. The number of carbonyl (C=O) groups excluding carboxylic acids is 3. The second kappa shape index (κ2) is 8.55. The van der Waals surface area contributed by atoms with Crippen LogP contribution in [0.25, 0.3) is 6.08 Å². The average molecular weight is 456 g/mol. The van der Waals surface area contributed by atoms with Crippen molar-refractivity contribution in [2.75, 3.05) is 4.90 Å². The van der Waals surface area contributed by atoms with Crippen molar-refractivity contribution in [3.8, 4) is 0 Å². The third-order valence-electron chi connectivity index (χ3n) is 4.32. The Labute approximate surface area is 185 Å². The van der Waals surface area contributed by atoms with Crippen molar-refractivity contribution in [3.63, 3.8) is 0 Å². The highest BCUT2D eigenvalue weighted by Crippen LogP contribution is 2.35. The molecule has 0 unspecified atom stereocenters. The molecule has 30 heavy (non-hydrogen) atoms. The molecule has 4 rings (SSSR count). The van der Waals surface area contributed by atoms with Crippen LogP contribution in [-0.2, 0) is 16.1 Å². The van der Waals surface area contributed by atoms with Crippen molar-refractivity contribution in [1.29, 1.82) is 0 Å². The Morgan fingerprint density at radius 3 is 2.73 bits per heavy atom. The summed E-state index contributed by atoms with van der Waals surface area (Å²) in [6.45, 7) is 3.51. The van der Waals surface area contributed by atoms with Gasteiger partial charge in [-0.3, -0.25) is 24.2 Å². The van der Waals surface area contributed by atoms with Crippen LogP contribution in [0.5, 0.6) is 0 Å². The number of amides is 3. The van der Waals surface area contributed by atoms with E-state index in [0.29, 0.717) is 15.7 Å². The molecule has 3 heterocycles. The smallest absolute Gasteiger partial charge is 0.274 e. The molecule has 0 spiro atoms. The molecule has 0 saturated carbocycles. The van der Waals surface area contributed by atoms with Gasteiger partial charge in [0.1, 0.15) is 0 Å². The summed E-state index contributed by atoms with van der Waals surface area (Å²) >= 11 is 3.74. The molecule has 0 radical (unpaired) electrons. The van der Waals surface area contributed by atoms with Gasteiger partial charge in [-0.2, -0.15) is 0 Å². The summed E-state index contributed by atoms with van der Waals surface area (Å²) in [7, 11) is 0. The minimum Gasteiger partial charge on any atom is -0.274 e. The topological polar surface area (TPSA) is 70.6 Å². The Bertz CT molecular complexity index is 1150. The van der Waals surface area contributed by atoms with Gasteiger partial charge in [0.15, 0.2) is 5.13 Å². The monoisotopic (exact) mass is 455 g/mol. The molecular weight excluding hydrogens is 438 g/mol. The molecule has 1 saturated heterocycles. The van der Waals surface area contributed by atoms with E-state index in [-0.39, 0.29) is 23.6 Å². The quantitative estimate of drug-likeness (QED) is 0.480. The molecule has 3 aromatic rings. The second-order valence-corrected chi connectivity index (χ2v) is 9.41. The molecular formula is C21H17N3O3S3. The van der Waals surface area contributed by atoms with Gasteiger partial charge in [0.25, 0.3) is 11.1 Å². The van der Waals surface area contributed by atoms with E-state index in [0.717, 1.165) is 27.9 Å². The summed E-state index contributed by atoms with van der Waals surface area (Å²) in [4.78, 5) is 45.9. The third kappa shape index (κ3) is 4.23. The maximum atomic E-state index is 12.7. The van der Waals surface area contributed by atoms with Crippen LogP contribution in [0.2, 0.25) is 0 Å². The molecule has 3 amide bonds. The number of carbonyl (C=O) groups is 3. The number of aromatic nitrogens is 1. The van der Waals surface area contributed by atoms with Gasteiger partial charge in [-0.15, -0.1) is 22.7 Å². The lowest BCUT2D eigenvalue weighted by Crippen LogP contribution is -2.28. The third-order valence-corrected chi connectivity index (χ3v) is 6.92. The fourth-order valence-corrected chi connectivity index (χ4v) is 5.41. The molecule has 1 aromatic carbocycles. The zero-order valence-corrected chi connectivity index (χ0v) is 18.6. The van der Waals surface area contributed by atoms with Gasteiger partial charge < -0.3 is 0 Å². The van der Waals surface area contributed by atoms with E-state index >= 15 is 0 Å². The lowest BCUT2D eigenvalue weighted by molar-refractivity contribution is -0.123. The lowest BCUT2D eigenvalue weighted by atomic mass is 10.2. The van der Waals surface area contributed by atoms with Crippen molar-refractivity contribution >= 4 is 68.4 Å². The van der Waals surface area contributed by atoms with E-state index < -0.39 is 0 Å². The van der Waals surface area contributed by atoms with Gasteiger partial charge in [-0.05, 0) is 53.9 Å². The first-order chi connectivity index (χ1) is 14.4. The van der Waals surface area contributed by atoms with Crippen LogP contribution in [-0.4, -0.2) is 26.9 Å². The highest BCUT2D eigenvalue weighted by atomic mass is 32.2. The Morgan fingerprint density at radius 1 is 1.20 bits per heavy atom. The largest absolute Gasteiger partial charge is 0.293 e. The normalized spacial score (nSPS) is 15.3. The number of hydrogen-bond acceptors (Lipinski definition) is 7. The van der Waals surface area contributed by atoms with Crippen LogP contribution in [0.4, 0.5) is 15.6 Å². The molecule has 1 aliphatic rings. The second-order valence-electron chi connectivity index (χ2n) is 6.60. The Morgan fingerprint density at radius 2 is 2.03 bits per heavy atom. The number of thiazole rings is 1. The van der Waals surface area contributed by atoms with Crippen molar-refractivity contribution < 1.29 is 14.4 Å². The SMILES string of the molecule is CC(=O)N(c1cccc(C)c1)c1nc(CN2C(=O)S/C(=C\c3cccs3)C2=O)cs1. The summed E-state index contributed by atoms with van der Waals surface area (Å²) < 4.78 is 0. The summed E-state index contributed by atoms with van der Waals surface area (Å²) in [5, 5.41) is 3.87. The van der Waals surface area contributed by atoms with Gasteiger partial charge in [0.2, 0.25) is 5.91 Å². The first-order valence-electron chi connectivity index (χ1n) is 9.03. The minimum atomic E-state index is -0.324. The molecule has 9 heteroatoms. The van der Waals surface area contributed by atoms with Crippen LogP contribution >= 0.6 is 34.4 Å². The van der Waals surface area contributed by atoms with Crippen LogP contribution in [0.1, 0.15) is 23.1 Å². The van der Waals surface area contributed by atoms with Gasteiger partial charge in [0, 0.05) is 17.2 Å². The highest BCUT2D eigenvalue weighted by Gasteiger charge is 2.35. The van der Waals surface area contributed by atoms with Crippen molar-refractivity contribution in [2.45, 2.75) is 20.4 Å². The zero-order valence-electron chi connectivity index (χ0n) is 16.2. The maximum absolute atomic E-state index is 12.7. The van der Waals surface area contributed by atoms with E-state index in [1.165, 1.54) is 39.4 Å². The van der Waals surface area contributed by atoms with Crippen molar-refractivity contribution in [1.82, 2.24) is 9.88 Å². The average Bonchev–Trinajstić information content (AvgIpc) is 3.42. The summed E-state index contributed by atoms with van der Waals surface area (Å²) in [6, 6.07) is 11.4. The molecule has 1 fully saturated rings. The molecule has 2 aromatic heterocycles. The fourth-order valence-electron chi connectivity index (χ4n) is 2.97. The molecule has 1 aliphatic heterocycles. The van der Waals surface area contributed by atoms with E-state index in [2.05, 4.69) is 4.98 Å². The molecule has 0 N–H and O–H groups in total. The fraction of sp³-hybridized carbons (Fsp3) is 0.143. The predicted octanol–water partition coefficient (Wildman–Crippen LogP) is 5.43. The van der Waals surface area contributed by atoms with Gasteiger partial charge >= 0.3 is 0 Å². The summed E-state index contributed by atoms with van der Waals surface area (Å²) in [5.41, 5.74) is 2.33. The number of aryl methyl sites for hydroxylation is 1. The van der Waals surface area contributed by atoms with Crippen molar-refractivity contribution in [2.24, 2.45) is 0 Å². The molecule has 6 nitrogen and oxygen atoms in total. The van der Waals surface area contributed by atoms with Crippen molar-refractivity contribution in [3.05, 3.63) is 68.2 Å². The molecule has 0 bridgehead atoms. The zero-order chi connectivity index (χ0) is 21.3. The number of benzene rings is 1. The number of thiophene rings is 1. The Kier molecular flexibility index (Phi) is 5.85. The number of rotatable bonds is 5. The number of anilines is 2. The van der Waals surface area contributed by atoms with E-state index in [1.807, 2.05) is 48.7 Å². The molecule has 152 valence electrons. The van der Waals surface area contributed by atoms with E-state index in [4.69, 9.17) is 0 Å². The van der Waals surface area contributed by atoms with Gasteiger partial charge in [0.05, 0.1) is 22.8 Å². The Balaban J connectivity index is 1.55. The van der Waals surface area contributed by atoms with E-state index in [1.54, 1.807) is 11.5 Å². The predicted molar refractivity (Wildman–Crippen MR) is 122 cm³/mol. The summed E-state index contributed by atoms with van der Waals surface area (Å²) in [6.07, 6.45) is 1.73. The van der Waals surface area contributed by atoms with Crippen LogP contribution in [0.15, 0.2) is 52.1 Å². The van der Waals surface area contributed by atoms with Gasteiger partial charge in [-0.25, -0.2) is 4.98 Å². The van der Waals surface area contributed by atoms with E-state index in [9.17, 15) is 14.4 Å². The minimum absolute atomic E-state index is 0.0719. The summed E-state index contributed by atoms with van der Waals surface area (Å²) in [5.74, 6) is -0.485. The van der Waals surface area contributed by atoms with Gasteiger partial charge in [-0.1, -0.05) is 18.2 Å². The first-order valence-corrected chi connectivity index (χ1v) is 11.6. The maximum Gasteiger partial charge on any atom is 0.293 e. The van der Waals surface area contributed by atoms with Crippen LogP contribution in [0, 0.1) is 6.92 Å². The number of nitrogens with zero attached hydrogens (tertiary/aromatic N) is 3. The highest BCUT2D eigenvalue weighted by molar-refractivity contribution is 8.18. The molecule has 0 aliphatic carbocycles. The number of imide groups is 1. The Hall–Kier alpha value is -2.75. The first kappa shape index (κ1) is 20.5. The molecule has 0 atom stereocenters. The number of thioether (sulfide) groups is 1.